The second-order valence-corrected chi connectivity index (χ2v) is 4.10. The van der Waals surface area contributed by atoms with E-state index in [1.165, 1.54) is 25.7 Å². The van der Waals surface area contributed by atoms with Crippen LogP contribution < -0.4 is 11.3 Å². The molecule has 1 saturated carbocycles. The van der Waals surface area contributed by atoms with Crippen molar-refractivity contribution < 1.29 is 19.2 Å². The van der Waals surface area contributed by atoms with Crippen LogP contribution in [0.25, 0.3) is 0 Å². The van der Waals surface area contributed by atoms with E-state index in [1.807, 2.05) is 0 Å². The zero-order chi connectivity index (χ0) is 10.3. The van der Waals surface area contributed by atoms with Crippen LogP contribution in [0.1, 0.15) is 25.7 Å². The Kier molecular flexibility index (Phi) is 6.49. The van der Waals surface area contributed by atoms with Gasteiger partial charge in [0.1, 0.15) is 0 Å². The third-order valence-electron chi connectivity index (χ3n) is 1.88. The van der Waals surface area contributed by atoms with Gasteiger partial charge in [-0.05, 0) is 18.8 Å². The minimum atomic E-state index is -4.64. The summed E-state index contributed by atoms with van der Waals surface area (Å²) in [5.41, 5.74) is 2.71. The van der Waals surface area contributed by atoms with Crippen molar-refractivity contribution in [3.63, 3.8) is 0 Å². The Morgan fingerprint density at radius 3 is 2.00 bits per heavy atom. The second kappa shape index (κ2) is 6.48. The third-order valence-corrected chi connectivity index (χ3v) is 1.88. The largest absolute Gasteiger partial charge is 0.466 e. The van der Waals surface area contributed by atoms with Crippen LogP contribution in [-0.4, -0.2) is 21.2 Å². The summed E-state index contributed by atoms with van der Waals surface area (Å²) in [7, 11) is -4.64. The first-order valence-corrected chi connectivity index (χ1v) is 5.71. The number of hydrogen-bond donors (Lipinski definition) is 5. The number of nitrogens with one attached hydrogen (secondary N) is 1. The molecule has 13 heavy (non-hydrogen) atoms. The fraction of sp³-hybridized carbons (Fsp3) is 1.00. The Bertz CT molecular complexity index is 158. The van der Waals surface area contributed by atoms with Crippen LogP contribution in [0.2, 0.25) is 0 Å². The second-order valence-electron chi connectivity index (χ2n) is 3.07. The maximum Gasteiger partial charge on any atom is 0.466 e. The highest BCUT2D eigenvalue weighted by atomic mass is 31.2. The minimum absolute atomic E-state index is 0.875. The summed E-state index contributed by atoms with van der Waals surface area (Å²) in [5, 5.41) is 0. The SMILES string of the molecule is NNCC1CCCC1.O=P(O)(O)O. The van der Waals surface area contributed by atoms with Crippen molar-refractivity contribution >= 4 is 7.82 Å². The summed E-state index contributed by atoms with van der Waals surface area (Å²) in [6, 6.07) is 0. The number of nitrogens with two attached hydrogens (primary N) is 1. The van der Waals surface area contributed by atoms with Gasteiger partial charge in [-0.1, -0.05) is 12.8 Å². The van der Waals surface area contributed by atoms with Gasteiger partial charge in [-0.25, -0.2) is 4.57 Å². The molecule has 0 aromatic rings. The molecule has 1 rings (SSSR count). The van der Waals surface area contributed by atoms with Crippen molar-refractivity contribution in [3.05, 3.63) is 0 Å². The predicted molar refractivity (Wildman–Crippen MR) is 48.4 cm³/mol. The van der Waals surface area contributed by atoms with E-state index in [0.29, 0.717) is 0 Å². The van der Waals surface area contributed by atoms with Crippen LogP contribution in [0.5, 0.6) is 0 Å². The fourth-order valence-electron chi connectivity index (χ4n) is 1.38. The number of hydrazine groups is 1. The normalized spacial score (nSPS) is 18.2. The van der Waals surface area contributed by atoms with Crippen LogP contribution in [0.4, 0.5) is 0 Å². The number of hydrogen-bond acceptors (Lipinski definition) is 3. The molecular weight excluding hydrogens is 195 g/mol. The first kappa shape index (κ1) is 13.0. The first-order chi connectivity index (χ1) is 5.93. The van der Waals surface area contributed by atoms with Crippen molar-refractivity contribution in [2.75, 3.05) is 6.54 Å². The molecule has 0 aliphatic heterocycles. The molecule has 0 aromatic carbocycles. The molecule has 0 saturated heterocycles. The molecular formula is C6H17N2O4P. The summed E-state index contributed by atoms with van der Waals surface area (Å²) < 4.78 is 8.88. The van der Waals surface area contributed by atoms with Crippen LogP contribution in [0.15, 0.2) is 0 Å². The summed E-state index contributed by atoms with van der Waals surface area (Å²) in [5.74, 6) is 6.03. The van der Waals surface area contributed by atoms with Gasteiger partial charge in [-0.3, -0.25) is 11.3 Å². The molecule has 0 radical (unpaired) electrons. The monoisotopic (exact) mass is 212 g/mol. The van der Waals surface area contributed by atoms with E-state index >= 15 is 0 Å². The maximum absolute atomic E-state index is 8.88. The first-order valence-electron chi connectivity index (χ1n) is 4.15. The lowest BCUT2D eigenvalue weighted by molar-refractivity contribution is 0.275. The number of phosphoric acid groups is 1. The topological polar surface area (TPSA) is 116 Å². The summed E-state index contributed by atoms with van der Waals surface area (Å²) in [6.07, 6.45) is 5.58. The van der Waals surface area contributed by atoms with Gasteiger partial charge in [-0.2, -0.15) is 0 Å². The molecule has 1 aliphatic rings. The van der Waals surface area contributed by atoms with Crippen LogP contribution >= 0.6 is 7.82 Å². The van der Waals surface area contributed by atoms with E-state index in [4.69, 9.17) is 25.1 Å². The van der Waals surface area contributed by atoms with E-state index < -0.39 is 7.82 Å². The van der Waals surface area contributed by atoms with Gasteiger partial charge in [0.05, 0.1) is 0 Å². The predicted octanol–water partition coefficient (Wildman–Crippen LogP) is -0.289. The van der Waals surface area contributed by atoms with E-state index in [9.17, 15) is 0 Å². The van der Waals surface area contributed by atoms with Gasteiger partial charge in [0.2, 0.25) is 0 Å². The van der Waals surface area contributed by atoms with E-state index in [1.54, 1.807) is 0 Å². The van der Waals surface area contributed by atoms with Gasteiger partial charge >= 0.3 is 7.82 Å². The molecule has 0 amide bonds. The molecule has 7 heteroatoms. The Labute approximate surface area is 77.4 Å². The molecule has 1 fully saturated rings. The zero-order valence-corrected chi connectivity index (χ0v) is 8.28. The van der Waals surface area contributed by atoms with Crippen LogP contribution in [0.3, 0.4) is 0 Å². The lowest BCUT2D eigenvalue weighted by atomic mass is 10.1. The van der Waals surface area contributed by atoms with E-state index in [2.05, 4.69) is 5.43 Å². The molecule has 0 bridgehead atoms. The molecule has 0 aromatic heterocycles. The lowest BCUT2D eigenvalue weighted by Crippen LogP contribution is -2.27. The van der Waals surface area contributed by atoms with Gasteiger partial charge in [0.25, 0.3) is 0 Å². The quantitative estimate of drug-likeness (QED) is 0.244. The molecule has 0 atom stereocenters. The average Bonchev–Trinajstić information content (AvgIpc) is 2.36. The molecule has 0 unspecified atom stereocenters. The van der Waals surface area contributed by atoms with E-state index in [-0.39, 0.29) is 0 Å². The van der Waals surface area contributed by atoms with Crippen LogP contribution in [-0.2, 0) is 4.57 Å². The van der Waals surface area contributed by atoms with Crippen molar-refractivity contribution in [3.8, 4) is 0 Å². The Morgan fingerprint density at radius 2 is 1.69 bits per heavy atom. The molecule has 0 spiro atoms. The highest BCUT2D eigenvalue weighted by Crippen LogP contribution is 2.25. The molecule has 6 nitrogen and oxygen atoms in total. The molecule has 80 valence electrons. The Hall–Kier alpha value is 0.0300. The van der Waals surface area contributed by atoms with Crippen LogP contribution in [0, 0.1) is 5.92 Å². The van der Waals surface area contributed by atoms with Gasteiger partial charge in [0.15, 0.2) is 0 Å². The van der Waals surface area contributed by atoms with Gasteiger partial charge < -0.3 is 14.7 Å². The average molecular weight is 212 g/mol. The summed E-state index contributed by atoms with van der Waals surface area (Å²) in [6.45, 7) is 1.01. The van der Waals surface area contributed by atoms with Gasteiger partial charge in [-0.15, -0.1) is 0 Å². The minimum Gasteiger partial charge on any atom is -0.303 e. The standard InChI is InChI=1S/C6H14N2.H3O4P/c7-8-5-6-3-1-2-4-6;1-5(2,3)4/h6,8H,1-5,7H2;(H3,1,2,3,4). The van der Waals surface area contributed by atoms with Gasteiger partial charge in [0, 0.05) is 6.54 Å². The van der Waals surface area contributed by atoms with E-state index in [0.717, 1.165) is 12.5 Å². The summed E-state index contributed by atoms with van der Waals surface area (Å²) in [4.78, 5) is 21.6. The van der Waals surface area contributed by atoms with Crippen molar-refractivity contribution in [2.45, 2.75) is 25.7 Å². The third kappa shape index (κ3) is 12.0. The summed E-state index contributed by atoms with van der Waals surface area (Å²) >= 11 is 0. The van der Waals surface area contributed by atoms with Crippen molar-refractivity contribution in [1.29, 1.82) is 0 Å². The maximum atomic E-state index is 8.88. The Balaban J connectivity index is 0.000000252. The molecule has 1 aliphatic carbocycles. The smallest absolute Gasteiger partial charge is 0.303 e. The fourth-order valence-corrected chi connectivity index (χ4v) is 1.38. The molecule has 0 heterocycles. The highest BCUT2D eigenvalue weighted by Gasteiger charge is 2.12. The zero-order valence-electron chi connectivity index (χ0n) is 7.39. The van der Waals surface area contributed by atoms with Crippen molar-refractivity contribution in [1.82, 2.24) is 5.43 Å². The molecule has 6 N–H and O–H groups in total. The van der Waals surface area contributed by atoms with Crippen molar-refractivity contribution in [2.24, 2.45) is 11.8 Å². The lowest BCUT2D eigenvalue weighted by Gasteiger charge is -2.04. The number of rotatable bonds is 2. The Morgan fingerprint density at radius 1 is 1.31 bits per heavy atom. The highest BCUT2D eigenvalue weighted by molar-refractivity contribution is 7.45.